The van der Waals surface area contributed by atoms with Crippen LogP contribution in [-0.2, 0) is 9.59 Å². The van der Waals surface area contributed by atoms with Gasteiger partial charge in [0.2, 0.25) is 5.91 Å². The minimum Gasteiger partial charge on any atom is -0.481 e. The summed E-state index contributed by atoms with van der Waals surface area (Å²) in [5, 5.41) is 13.1. The Labute approximate surface area is 101 Å². The molecule has 0 aromatic carbocycles. The first-order chi connectivity index (χ1) is 7.99. The lowest BCUT2D eigenvalue weighted by Gasteiger charge is -1.98. The van der Waals surface area contributed by atoms with E-state index >= 15 is 0 Å². The van der Waals surface area contributed by atoms with E-state index in [-0.39, 0.29) is 11.7 Å². The molecule has 0 radical (unpaired) electrons. The van der Waals surface area contributed by atoms with Gasteiger partial charge >= 0.3 is 5.97 Å². The predicted molar refractivity (Wildman–Crippen MR) is 60.0 cm³/mol. The smallest absolute Gasteiger partial charge is 0.307 e. The molecule has 6 nitrogen and oxygen atoms in total. The Balaban J connectivity index is 1.95. The molecule has 1 saturated carbocycles. The van der Waals surface area contributed by atoms with Crippen LogP contribution in [0.15, 0.2) is 5.38 Å². The quantitative estimate of drug-likeness (QED) is 0.781. The first-order valence-electron chi connectivity index (χ1n) is 4.99. The lowest BCUT2D eigenvalue weighted by molar-refractivity contribution is -0.139. The maximum Gasteiger partial charge on any atom is 0.307 e. The highest BCUT2D eigenvalue weighted by Crippen LogP contribution is 2.39. The predicted octanol–water partition coefficient (Wildman–Crippen LogP) is 1.00. The van der Waals surface area contributed by atoms with Gasteiger partial charge in [0.25, 0.3) is 0 Å². The van der Waals surface area contributed by atoms with E-state index in [0.717, 1.165) is 11.3 Å². The van der Waals surface area contributed by atoms with Gasteiger partial charge in [0.15, 0.2) is 10.9 Å². The average Bonchev–Trinajstić information content (AvgIpc) is 2.93. The van der Waals surface area contributed by atoms with Gasteiger partial charge in [-0.25, -0.2) is 4.98 Å². The minimum absolute atomic E-state index is 0.170. The third kappa shape index (κ3) is 2.50. The van der Waals surface area contributed by atoms with Crippen molar-refractivity contribution in [2.45, 2.75) is 13.3 Å². The van der Waals surface area contributed by atoms with Crippen LogP contribution in [0.1, 0.15) is 23.8 Å². The number of aliphatic carboxylic acids is 1. The number of aromatic nitrogens is 1. The molecule has 7 heteroatoms. The van der Waals surface area contributed by atoms with Crippen molar-refractivity contribution in [3.8, 4) is 0 Å². The molecule has 2 rings (SSSR count). The molecule has 1 heterocycles. The van der Waals surface area contributed by atoms with Gasteiger partial charge in [-0.3, -0.25) is 14.4 Å². The number of hydrogen-bond acceptors (Lipinski definition) is 5. The number of carboxylic acid groups (broad SMARTS) is 1. The summed E-state index contributed by atoms with van der Waals surface area (Å²) in [7, 11) is 0. The zero-order chi connectivity index (χ0) is 12.6. The molecule has 2 atom stereocenters. The van der Waals surface area contributed by atoms with Gasteiger partial charge < -0.3 is 10.4 Å². The summed E-state index contributed by atoms with van der Waals surface area (Å²) in [6.45, 7) is 1.39. The summed E-state index contributed by atoms with van der Waals surface area (Å²) < 4.78 is 0. The number of nitrogens with one attached hydrogen (secondary N) is 1. The molecule has 1 fully saturated rings. The Morgan fingerprint density at radius 1 is 1.47 bits per heavy atom. The summed E-state index contributed by atoms with van der Waals surface area (Å²) in [6, 6.07) is 0. The van der Waals surface area contributed by atoms with E-state index in [4.69, 9.17) is 5.11 Å². The fourth-order valence-corrected chi connectivity index (χ4v) is 2.20. The van der Waals surface area contributed by atoms with E-state index in [1.54, 1.807) is 5.38 Å². The number of amides is 1. The number of rotatable bonds is 4. The molecular formula is C10H10N2O4S. The highest BCUT2D eigenvalue weighted by Gasteiger charge is 2.48. The van der Waals surface area contributed by atoms with Gasteiger partial charge in [0, 0.05) is 12.3 Å². The molecule has 1 aliphatic carbocycles. The first kappa shape index (κ1) is 11.7. The molecule has 0 aliphatic heterocycles. The van der Waals surface area contributed by atoms with E-state index in [0.29, 0.717) is 17.2 Å². The Bertz CT molecular complexity index is 496. The van der Waals surface area contributed by atoms with Crippen molar-refractivity contribution in [2.75, 3.05) is 5.32 Å². The number of ketones is 1. The number of carbonyl (C=O) groups is 3. The van der Waals surface area contributed by atoms with Crippen LogP contribution in [-0.4, -0.2) is 27.8 Å². The van der Waals surface area contributed by atoms with Gasteiger partial charge in [-0.1, -0.05) is 0 Å². The van der Waals surface area contributed by atoms with Crippen LogP contribution >= 0.6 is 11.3 Å². The van der Waals surface area contributed by atoms with Crippen LogP contribution in [0.4, 0.5) is 5.13 Å². The second kappa shape index (κ2) is 4.25. The van der Waals surface area contributed by atoms with Crippen molar-refractivity contribution in [3.05, 3.63) is 11.1 Å². The third-order valence-electron chi connectivity index (χ3n) is 2.54. The Morgan fingerprint density at radius 2 is 2.18 bits per heavy atom. The van der Waals surface area contributed by atoms with Crippen LogP contribution in [0.25, 0.3) is 0 Å². The molecule has 1 amide bonds. The fourth-order valence-electron chi connectivity index (χ4n) is 1.45. The van der Waals surface area contributed by atoms with Crippen molar-refractivity contribution in [2.24, 2.45) is 11.8 Å². The van der Waals surface area contributed by atoms with Crippen molar-refractivity contribution in [1.82, 2.24) is 4.98 Å². The number of anilines is 1. The Morgan fingerprint density at radius 3 is 2.65 bits per heavy atom. The van der Waals surface area contributed by atoms with E-state index in [9.17, 15) is 14.4 Å². The number of Topliss-reactive ketones (excluding diaryl/α,β-unsaturated/α-hetero) is 1. The van der Waals surface area contributed by atoms with E-state index in [1.807, 2.05) is 0 Å². The first-order valence-corrected chi connectivity index (χ1v) is 5.87. The lowest BCUT2D eigenvalue weighted by atomic mass is 10.3. The van der Waals surface area contributed by atoms with Crippen LogP contribution in [0, 0.1) is 11.8 Å². The van der Waals surface area contributed by atoms with Crippen molar-refractivity contribution in [3.63, 3.8) is 0 Å². The van der Waals surface area contributed by atoms with Crippen LogP contribution in [0.3, 0.4) is 0 Å². The second-order valence-electron chi connectivity index (χ2n) is 3.87. The number of carboxylic acids is 1. The van der Waals surface area contributed by atoms with Crippen molar-refractivity contribution in [1.29, 1.82) is 0 Å². The summed E-state index contributed by atoms with van der Waals surface area (Å²) >= 11 is 1.15. The summed E-state index contributed by atoms with van der Waals surface area (Å²) in [5.74, 6) is -2.52. The summed E-state index contributed by atoms with van der Waals surface area (Å²) in [5.41, 5.74) is 0.302. The molecular weight excluding hydrogens is 244 g/mol. The molecule has 90 valence electrons. The van der Waals surface area contributed by atoms with Gasteiger partial charge in [0.05, 0.1) is 11.8 Å². The Hall–Kier alpha value is -1.76. The highest BCUT2D eigenvalue weighted by atomic mass is 32.1. The molecule has 0 spiro atoms. The van der Waals surface area contributed by atoms with Crippen molar-refractivity contribution < 1.29 is 19.5 Å². The monoisotopic (exact) mass is 254 g/mol. The van der Waals surface area contributed by atoms with Gasteiger partial charge in [-0.15, -0.1) is 11.3 Å². The maximum absolute atomic E-state index is 11.6. The highest BCUT2D eigenvalue weighted by molar-refractivity contribution is 7.14. The number of nitrogens with zero attached hydrogens (tertiary/aromatic N) is 1. The molecule has 2 N–H and O–H groups in total. The van der Waals surface area contributed by atoms with Gasteiger partial charge in [-0.2, -0.15) is 0 Å². The zero-order valence-electron chi connectivity index (χ0n) is 8.97. The van der Waals surface area contributed by atoms with Crippen LogP contribution in [0.2, 0.25) is 0 Å². The number of thiazole rings is 1. The molecule has 1 aromatic heterocycles. The van der Waals surface area contributed by atoms with E-state index in [1.165, 1.54) is 6.92 Å². The normalized spacial score (nSPS) is 21.9. The van der Waals surface area contributed by atoms with Crippen LogP contribution < -0.4 is 5.32 Å². The second-order valence-corrected chi connectivity index (χ2v) is 4.73. The molecule has 17 heavy (non-hydrogen) atoms. The molecule has 1 aromatic rings. The van der Waals surface area contributed by atoms with Crippen LogP contribution in [0.5, 0.6) is 0 Å². The number of hydrogen-bond donors (Lipinski definition) is 2. The SMILES string of the molecule is CC(=O)c1csc(NC(=O)C2CC2C(=O)O)n1. The molecule has 0 saturated heterocycles. The standard InChI is InChI=1S/C10H10N2O4S/c1-4(13)7-3-17-10(11-7)12-8(14)5-2-6(5)9(15)16/h3,5-6H,2H2,1H3,(H,15,16)(H,11,12,14). The average molecular weight is 254 g/mol. The summed E-state index contributed by atoms with van der Waals surface area (Å²) in [4.78, 5) is 37.1. The summed E-state index contributed by atoms with van der Waals surface area (Å²) in [6.07, 6.45) is 0.367. The van der Waals surface area contributed by atoms with E-state index < -0.39 is 17.8 Å². The molecule has 0 bridgehead atoms. The topological polar surface area (TPSA) is 96.4 Å². The third-order valence-corrected chi connectivity index (χ3v) is 3.30. The maximum atomic E-state index is 11.6. The largest absolute Gasteiger partial charge is 0.481 e. The molecule has 2 unspecified atom stereocenters. The fraction of sp³-hybridized carbons (Fsp3) is 0.400. The zero-order valence-corrected chi connectivity index (χ0v) is 9.78. The van der Waals surface area contributed by atoms with Gasteiger partial charge in [-0.05, 0) is 6.42 Å². The Kier molecular flexibility index (Phi) is 2.93. The lowest BCUT2D eigenvalue weighted by Crippen LogP contribution is -2.16. The minimum atomic E-state index is -0.950. The number of carbonyl (C=O) groups excluding carboxylic acids is 2. The van der Waals surface area contributed by atoms with E-state index in [2.05, 4.69) is 10.3 Å². The molecule has 1 aliphatic rings. The van der Waals surface area contributed by atoms with Crippen molar-refractivity contribution >= 4 is 34.1 Å². The van der Waals surface area contributed by atoms with Gasteiger partial charge in [0.1, 0.15) is 5.69 Å².